The van der Waals surface area contributed by atoms with Gasteiger partial charge in [0, 0.05) is 25.0 Å². The summed E-state index contributed by atoms with van der Waals surface area (Å²) in [6.45, 7) is 2.07. The largest absolute Gasteiger partial charge is 0.469 e. The number of likely N-dealkylation sites (tertiary alicyclic amines) is 1. The van der Waals surface area contributed by atoms with Crippen LogP contribution in [0.1, 0.15) is 25.7 Å². The molecule has 20 heavy (non-hydrogen) atoms. The minimum absolute atomic E-state index is 0.0573. The monoisotopic (exact) mass is 305 g/mol. The van der Waals surface area contributed by atoms with Gasteiger partial charge in [0.05, 0.1) is 25.9 Å². The van der Waals surface area contributed by atoms with Gasteiger partial charge in [-0.2, -0.15) is 8.42 Å². The maximum Gasteiger partial charge on any atom is 0.308 e. The molecular formula is C13H23NO5S. The Morgan fingerprint density at radius 1 is 1.20 bits per heavy atom. The van der Waals surface area contributed by atoms with Crippen molar-refractivity contribution in [3.05, 3.63) is 0 Å². The molecule has 0 spiro atoms. The summed E-state index contributed by atoms with van der Waals surface area (Å²) in [5, 5.41) is 0. The van der Waals surface area contributed by atoms with E-state index >= 15 is 0 Å². The predicted octanol–water partition coefficient (Wildman–Crippen LogP) is 0.626. The predicted molar refractivity (Wildman–Crippen MR) is 73.6 cm³/mol. The topological polar surface area (TPSA) is 72.9 Å². The molecule has 1 saturated carbocycles. The lowest BCUT2D eigenvalue weighted by Crippen LogP contribution is -2.54. The second kappa shape index (κ2) is 6.41. The highest BCUT2D eigenvalue weighted by molar-refractivity contribution is 7.85. The van der Waals surface area contributed by atoms with E-state index in [9.17, 15) is 13.2 Å². The summed E-state index contributed by atoms with van der Waals surface area (Å²) in [6, 6.07) is 0.519. The van der Waals surface area contributed by atoms with E-state index in [1.807, 2.05) is 0 Å². The Balaban J connectivity index is 1.66. The zero-order valence-corrected chi connectivity index (χ0v) is 12.9. The van der Waals surface area contributed by atoms with Crippen LogP contribution in [0.25, 0.3) is 0 Å². The Bertz CT molecular complexity index is 436. The molecule has 1 heterocycles. The van der Waals surface area contributed by atoms with Crippen molar-refractivity contribution >= 4 is 16.1 Å². The average Bonchev–Trinajstić information content (AvgIpc) is 2.35. The number of carbonyl (C=O) groups excluding carboxylic acids is 1. The molecule has 0 radical (unpaired) electrons. The fourth-order valence-corrected chi connectivity index (χ4v) is 3.52. The fraction of sp³-hybridized carbons (Fsp3) is 0.923. The molecule has 1 saturated heterocycles. The summed E-state index contributed by atoms with van der Waals surface area (Å²) in [4.78, 5) is 13.8. The molecule has 2 fully saturated rings. The van der Waals surface area contributed by atoms with Crippen molar-refractivity contribution in [1.82, 2.24) is 4.90 Å². The molecule has 0 N–H and O–H groups in total. The lowest BCUT2D eigenvalue weighted by atomic mass is 9.83. The molecule has 0 bridgehead atoms. The number of esters is 1. The van der Waals surface area contributed by atoms with Gasteiger partial charge in [0.25, 0.3) is 10.1 Å². The summed E-state index contributed by atoms with van der Waals surface area (Å²) >= 11 is 0. The number of hydrogen-bond acceptors (Lipinski definition) is 6. The number of nitrogens with zero attached hydrogens (tertiary/aromatic N) is 1. The highest BCUT2D eigenvalue weighted by Gasteiger charge is 2.36. The first-order valence-electron chi connectivity index (χ1n) is 7.05. The molecule has 116 valence electrons. The van der Waals surface area contributed by atoms with Gasteiger partial charge < -0.3 is 4.74 Å². The lowest BCUT2D eigenvalue weighted by Gasteiger charge is -2.46. The molecule has 7 heteroatoms. The molecule has 1 aliphatic heterocycles. The van der Waals surface area contributed by atoms with Crippen molar-refractivity contribution in [2.75, 3.05) is 33.1 Å². The highest BCUT2D eigenvalue weighted by Crippen LogP contribution is 2.32. The van der Waals surface area contributed by atoms with Crippen LogP contribution < -0.4 is 0 Å². The van der Waals surface area contributed by atoms with Gasteiger partial charge in [-0.3, -0.25) is 13.9 Å². The van der Waals surface area contributed by atoms with E-state index in [0.717, 1.165) is 45.0 Å². The first-order chi connectivity index (χ1) is 9.39. The number of hydrogen-bond donors (Lipinski definition) is 0. The number of rotatable bonds is 5. The quantitative estimate of drug-likeness (QED) is 0.548. The maximum absolute atomic E-state index is 11.4. The minimum Gasteiger partial charge on any atom is -0.469 e. The van der Waals surface area contributed by atoms with E-state index in [-0.39, 0.29) is 18.5 Å². The van der Waals surface area contributed by atoms with Gasteiger partial charge >= 0.3 is 5.97 Å². The summed E-state index contributed by atoms with van der Waals surface area (Å²) in [5.41, 5.74) is 0. The van der Waals surface area contributed by atoms with Crippen molar-refractivity contribution in [3.63, 3.8) is 0 Å². The lowest BCUT2D eigenvalue weighted by molar-refractivity contribution is -0.147. The highest BCUT2D eigenvalue weighted by atomic mass is 32.2. The van der Waals surface area contributed by atoms with Crippen LogP contribution in [-0.4, -0.2) is 58.4 Å². The van der Waals surface area contributed by atoms with Crippen LogP contribution in [-0.2, 0) is 23.8 Å². The van der Waals surface area contributed by atoms with Crippen LogP contribution >= 0.6 is 0 Å². The first-order valence-corrected chi connectivity index (χ1v) is 8.87. The van der Waals surface area contributed by atoms with Crippen molar-refractivity contribution in [2.24, 2.45) is 11.8 Å². The van der Waals surface area contributed by atoms with Gasteiger partial charge in [0.1, 0.15) is 0 Å². The Hall–Kier alpha value is -0.660. The Morgan fingerprint density at radius 2 is 1.80 bits per heavy atom. The molecule has 6 nitrogen and oxygen atoms in total. The Morgan fingerprint density at radius 3 is 2.30 bits per heavy atom. The normalized spacial score (nSPS) is 28.9. The van der Waals surface area contributed by atoms with E-state index in [2.05, 4.69) is 4.90 Å². The molecular weight excluding hydrogens is 282 g/mol. The van der Waals surface area contributed by atoms with Crippen molar-refractivity contribution < 1.29 is 22.1 Å². The van der Waals surface area contributed by atoms with Gasteiger partial charge in [0.15, 0.2) is 0 Å². The van der Waals surface area contributed by atoms with Gasteiger partial charge in [0.2, 0.25) is 0 Å². The summed E-state index contributed by atoms with van der Waals surface area (Å²) in [7, 11) is -1.89. The standard InChI is InChI=1S/C13H23NO5S/c1-18-13(15)11-3-5-12(6-4-11)14-7-10(8-14)9-19-20(2,16)17/h10-12H,3-9H2,1-2H3. The molecule has 0 amide bonds. The van der Waals surface area contributed by atoms with Crippen molar-refractivity contribution in [3.8, 4) is 0 Å². The number of methoxy groups -OCH3 is 1. The zero-order chi connectivity index (χ0) is 14.8. The molecule has 0 aromatic heterocycles. The van der Waals surface area contributed by atoms with E-state index in [0.29, 0.717) is 12.0 Å². The van der Waals surface area contributed by atoms with Gasteiger partial charge in [-0.1, -0.05) is 0 Å². The molecule has 0 aromatic carbocycles. The third kappa shape index (κ3) is 4.17. The van der Waals surface area contributed by atoms with Crippen LogP contribution in [0.4, 0.5) is 0 Å². The van der Waals surface area contributed by atoms with E-state index in [1.165, 1.54) is 7.11 Å². The minimum atomic E-state index is -3.33. The van der Waals surface area contributed by atoms with Gasteiger partial charge in [-0.25, -0.2) is 0 Å². The van der Waals surface area contributed by atoms with E-state index in [4.69, 9.17) is 8.92 Å². The summed E-state index contributed by atoms with van der Waals surface area (Å²) < 4.78 is 31.4. The molecule has 1 aliphatic carbocycles. The third-order valence-corrected chi connectivity index (χ3v) is 4.82. The maximum atomic E-state index is 11.4. The van der Waals surface area contributed by atoms with Gasteiger partial charge in [-0.15, -0.1) is 0 Å². The van der Waals surface area contributed by atoms with E-state index < -0.39 is 10.1 Å². The summed E-state index contributed by atoms with van der Waals surface area (Å²) in [6.07, 6.45) is 4.88. The van der Waals surface area contributed by atoms with Crippen LogP contribution in [0, 0.1) is 11.8 Å². The van der Waals surface area contributed by atoms with Crippen LogP contribution in [0.15, 0.2) is 0 Å². The Labute approximate surface area is 120 Å². The van der Waals surface area contributed by atoms with Crippen LogP contribution in [0.5, 0.6) is 0 Å². The summed E-state index contributed by atoms with van der Waals surface area (Å²) in [5.74, 6) is 0.274. The molecule has 0 aromatic rings. The molecule has 2 rings (SSSR count). The number of ether oxygens (including phenoxy) is 1. The second-order valence-corrected chi connectivity index (χ2v) is 7.48. The zero-order valence-electron chi connectivity index (χ0n) is 12.1. The smallest absolute Gasteiger partial charge is 0.308 e. The van der Waals surface area contributed by atoms with Crippen molar-refractivity contribution in [2.45, 2.75) is 31.7 Å². The van der Waals surface area contributed by atoms with E-state index in [1.54, 1.807) is 0 Å². The third-order valence-electron chi connectivity index (χ3n) is 4.25. The molecule has 2 aliphatic rings. The Kier molecular flexibility index (Phi) is 5.04. The fourth-order valence-electron chi connectivity index (χ4n) is 3.08. The first kappa shape index (κ1) is 15.7. The molecule has 0 atom stereocenters. The SMILES string of the molecule is COC(=O)C1CCC(N2CC(COS(C)(=O)=O)C2)CC1. The number of carbonyl (C=O) groups is 1. The molecule has 0 unspecified atom stereocenters. The van der Waals surface area contributed by atoms with Crippen molar-refractivity contribution in [1.29, 1.82) is 0 Å². The average molecular weight is 305 g/mol. The van der Waals surface area contributed by atoms with Crippen LogP contribution in [0.3, 0.4) is 0 Å². The van der Waals surface area contributed by atoms with Gasteiger partial charge in [-0.05, 0) is 25.7 Å². The second-order valence-electron chi connectivity index (χ2n) is 5.84. The van der Waals surface area contributed by atoms with Crippen LogP contribution in [0.2, 0.25) is 0 Å².